The van der Waals surface area contributed by atoms with Crippen LogP contribution in [-0.4, -0.2) is 18.5 Å². The lowest BCUT2D eigenvalue weighted by atomic mass is 9.87. The van der Waals surface area contributed by atoms with Gasteiger partial charge in [0.2, 0.25) is 0 Å². The van der Waals surface area contributed by atoms with Crippen molar-refractivity contribution in [3.05, 3.63) is 11.6 Å². The molecule has 0 aliphatic heterocycles. The second-order valence-corrected chi connectivity index (χ2v) is 4.80. The molecule has 1 rings (SSSR count). The summed E-state index contributed by atoms with van der Waals surface area (Å²) in [5, 5.41) is 0. The van der Waals surface area contributed by atoms with Crippen LogP contribution in [0.5, 0.6) is 0 Å². The van der Waals surface area contributed by atoms with Crippen LogP contribution in [0.2, 0.25) is 0 Å². The molecule has 1 atom stereocenters. The van der Waals surface area contributed by atoms with E-state index in [4.69, 9.17) is 4.74 Å². The number of ketones is 1. The Labute approximate surface area is 99.1 Å². The molecule has 0 bridgehead atoms. The van der Waals surface area contributed by atoms with Gasteiger partial charge >= 0.3 is 0 Å². The topological polar surface area (TPSA) is 26.3 Å². The molecule has 0 N–H and O–H groups in total. The van der Waals surface area contributed by atoms with Crippen LogP contribution >= 0.6 is 0 Å². The maximum Gasteiger partial charge on any atom is 0.189 e. The second kappa shape index (κ2) is 6.19. The first-order valence-corrected chi connectivity index (χ1v) is 6.43. The van der Waals surface area contributed by atoms with Gasteiger partial charge in [0.15, 0.2) is 5.78 Å². The van der Waals surface area contributed by atoms with E-state index in [0.29, 0.717) is 0 Å². The van der Waals surface area contributed by atoms with Gasteiger partial charge in [-0.1, -0.05) is 25.8 Å². The van der Waals surface area contributed by atoms with Crippen molar-refractivity contribution in [1.82, 2.24) is 0 Å². The first-order valence-electron chi connectivity index (χ1n) is 6.43. The second-order valence-electron chi connectivity index (χ2n) is 4.80. The standard InChI is InChI=1S/C14H24O2/c1-4-14(2,16-3)13(15)12-10-8-6-5-7-9-11-12/h10H,4-9,11H2,1-3H3. The molecule has 0 aromatic carbocycles. The third-order valence-electron chi connectivity index (χ3n) is 3.69. The van der Waals surface area contributed by atoms with Gasteiger partial charge in [-0.2, -0.15) is 0 Å². The Morgan fingerprint density at radius 3 is 2.69 bits per heavy atom. The zero-order chi connectivity index (χ0) is 12.0. The monoisotopic (exact) mass is 224 g/mol. The molecule has 0 heterocycles. The number of carbonyl (C=O) groups is 1. The molecule has 0 fully saturated rings. The first kappa shape index (κ1) is 13.4. The molecule has 2 nitrogen and oxygen atoms in total. The highest BCUT2D eigenvalue weighted by Crippen LogP contribution is 2.25. The van der Waals surface area contributed by atoms with Crippen molar-refractivity contribution in [2.75, 3.05) is 7.11 Å². The Bertz CT molecular complexity index is 262. The molecular formula is C14H24O2. The van der Waals surface area contributed by atoms with Crippen LogP contribution in [0.15, 0.2) is 11.6 Å². The Morgan fingerprint density at radius 1 is 1.38 bits per heavy atom. The number of allylic oxidation sites excluding steroid dienone is 1. The van der Waals surface area contributed by atoms with Gasteiger partial charge in [0.25, 0.3) is 0 Å². The Morgan fingerprint density at radius 2 is 2.06 bits per heavy atom. The summed E-state index contributed by atoms with van der Waals surface area (Å²) in [5.74, 6) is 0.194. The largest absolute Gasteiger partial charge is 0.370 e. The summed E-state index contributed by atoms with van der Waals surface area (Å²) in [5.41, 5.74) is 0.372. The number of carbonyl (C=O) groups excluding carboxylic acids is 1. The number of hydrogen-bond acceptors (Lipinski definition) is 2. The maximum atomic E-state index is 12.4. The third kappa shape index (κ3) is 3.18. The number of methoxy groups -OCH3 is 1. The molecule has 0 spiro atoms. The van der Waals surface area contributed by atoms with Crippen molar-refractivity contribution in [2.45, 2.75) is 64.4 Å². The normalized spacial score (nSPS) is 21.6. The van der Waals surface area contributed by atoms with E-state index in [2.05, 4.69) is 6.08 Å². The van der Waals surface area contributed by atoms with Crippen LogP contribution in [0.3, 0.4) is 0 Å². The number of rotatable bonds is 4. The predicted octanol–water partition coefficient (Wildman–Crippen LogP) is 3.65. The minimum atomic E-state index is -0.620. The smallest absolute Gasteiger partial charge is 0.189 e. The highest BCUT2D eigenvalue weighted by molar-refractivity contribution is 6.01. The van der Waals surface area contributed by atoms with E-state index in [-0.39, 0.29) is 5.78 Å². The van der Waals surface area contributed by atoms with E-state index < -0.39 is 5.60 Å². The average molecular weight is 224 g/mol. The molecule has 1 unspecified atom stereocenters. The van der Waals surface area contributed by atoms with Gasteiger partial charge in [0, 0.05) is 7.11 Å². The van der Waals surface area contributed by atoms with Crippen LogP contribution in [0, 0.1) is 0 Å². The molecule has 2 heteroatoms. The van der Waals surface area contributed by atoms with E-state index in [1.807, 2.05) is 13.8 Å². The molecule has 1 aliphatic carbocycles. The molecular weight excluding hydrogens is 200 g/mol. The van der Waals surface area contributed by atoms with Gasteiger partial charge < -0.3 is 4.74 Å². The van der Waals surface area contributed by atoms with Crippen molar-refractivity contribution in [3.63, 3.8) is 0 Å². The number of Topliss-reactive ketones (excluding diaryl/α,β-unsaturated/α-hetero) is 1. The van der Waals surface area contributed by atoms with Crippen molar-refractivity contribution < 1.29 is 9.53 Å². The lowest BCUT2D eigenvalue weighted by Crippen LogP contribution is -2.37. The summed E-state index contributed by atoms with van der Waals surface area (Å²) in [4.78, 5) is 12.4. The van der Waals surface area contributed by atoms with Crippen LogP contribution in [-0.2, 0) is 9.53 Å². The van der Waals surface area contributed by atoms with Gasteiger partial charge in [0.1, 0.15) is 5.60 Å². The molecule has 0 saturated carbocycles. The van der Waals surface area contributed by atoms with Gasteiger partial charge in [-0.3, -0.25) is 4.79 Å². The summed E-state index contributed by atoms with van der Waals surface area (Å²) in [6, 6.07) is 0. The molecule has 92 valence electrons. The van der Waals surface area contributed by atoms with Crippen molar-refractivity contribution >= 4 is 5.78 Å². The molecule has 0 amide bonds. The van der Waals surface area contributed by atoms with Crippen molar-refractivity contribution in [3.8, 4) is 0 Å². The maximum absolute atomic E-state index is 12.4. The summed E-state index contributed by atoms with van der Waals surface area (Å²) in [6.45, 7) is 3.90. The Kier molecular flexibility index (Phi) is 5.20. The highest BCUT2D eigenvalue weighted by Gasteiger charge is 2.32. The molecule has 0 aromatic rings. The van der Waals surface area contributed by atoms with E-state index in [1.54, 1.807) is 7.11 Å². The van der Waals surface area contributed by atoms with E-state index >= 15 is 0 Å². The lowest BCUT2D eigenvalue weighted by molar-refractivity contribution is -0.135. The highest BCUT2D eigenvalue weighted by atomic mass is 16.5. The van der Waals surface area contributed by atoms with Crippen LogP contribution in [0.4, 0.5) is 0 Å². The zero-order valence-corrected chi connectivity index (χ0v) is 10.8. The van der Waals surface area contributed by atoms with Crippen molar-refractivity contribution in [2.24, 2.45) is 0 Å². The minimum Gasteiger partial charge on any atom is -0.370 e. The van der Waals surface area contributed by atoms with Crippen LogP contribution < -0.4 is 0 Å². The van der Waals surface area contributed by atoms with Crippen molar-refractivity contribution in [1.29, 1.82) is 0 Å². The van der Waals surface area contributed by atoms with Crippen LogP contribution in [0.1, 0.15) is 58.8 Å². The third-order valence-corrected chi connectivity index (χ3v) is 3.69. The quantitative estimate of drug-likeness (QED) is 0.728. The average Bonchev–Trinajstić information content (AvgIpc) is 2.27. The van der Waals surface area contributed by atoms with Crippen LogP contribution in [0.25, 0.3) is 0 Å². The number of ether oxygens (including phenoxy) is 1. The fraction of sp³-hybridized carbons (Fsp3) is 0.786. The summed E-state index contributed by atoms with van der Waals surface area (Å²) < 4.78 is 5.38. The first-order chi connectivity index (χ1) is 7.64. The molecule has 16 heavy (non-hydrogen) atoms. The lowest BCUT2D eigenvalue weighted by Gasteiger charge is -2.26. The van der Waals surface area contributed by atoms with E-state index in [1.165, 1.54) is 19.3 Å². The zero-order valence-electron chi connectivity index (χ0n) is 10.8. The fourth-order valence-electron chi connectivity index (χ4n) is 2.14. The Hall–Kier alpha value is -0.630. The number of hydrogen-bond donors (Lipinski definition) is 0. The molecule has 0 aromatic heterocycles. The van der Waals surface area contributed by atoms with Gasteiger partial charge in [0.05, 0.1) is 0 Å². The summed E-state index contributed by atoms with van der Waals surface area (Å²) in [6.07, 6.45) is 9.75. The summed E-state index contributed by atoms with van der Waals surface area (Å²) in [7, 11) is 1.63. The minimum absolute atomic E-state index is 0.194. The van der Waals surface area contributed by atoms with Gasteiger partial charge in [-0.15, -0.1) is 0 Å². The summed E-state index contributed by atoms with van der Waals surface area (Å²) >= 11 is 0. The van der Waals surface area contributed by atoms with E-state index in [9.17, 15) is 4.79 Å². The Balaban J connectivity index is 2.77. The molecule has 0 radical (unpaired) electrons. The SMILES string of the molecule is CCC(C)(OC)C(=O)C1=CCCCCCC1. The van der Waals surface area contributed by atoms with Gasteiger partial charge in [-0.25, -0.2) is 0 Å². The molecule has 1 aliphatic rings. The van der Waals surface area contributed by atoms with Gasteiger partial charge in [-0.05, 0) is 44.6 Å². The van der Waals surface area contributed by atoms with E-state index in [0.717, 1.165) is 31.3 Å². The molecule has 0 saturated heterocycles. The fourth-order valence-corrected chi connectivity index (χ4v) is 2.14. The predicted molar refractivity (Wildman–Crippen MR) is 66.5 cm³/mol.